The predicted octanol–water partition coefficient (Wildman–Crippen LogP) is -0.900. The molecule has 1 fully saturated rings. The zero-order valence-electron chi connectivity index (χ0n) is 11.0. The molecule has 0 spiro atoms. The average Bonchev–Trinajstić information content (AvgIpc) is 2.82. The van der Waals surface area contributed by atoms with Gasteiger partial charge >= 0.3 is 0 Å². The largest absolute Gasteiger partial charge is 0.368 e. The lowest BCUT2D eigenvalue weighted by atomic mass is 10.1. The highest BCUT2D eigenvalue weighted by atomic mass is 16.2. The highest BCUT2D eigenvalue weighted by Crippen LogP contribution is 2.14. The maximum Gasteiger partial charge on any atom is 0.272 e. The lowest BCUT2D eigenvalue weighted by Gasteiger charge is -2.33. The molecular formula is C12H19N5O2. The van der Waals surface area contributed by atoms with Crippen LogP contribution in [0.5, 0.6) is 0 Å². The molecule has 104 valence electrons. The van der Waals surface area contributed by atoms with Crippen LogP contribution in [0.25, 0.3) is 0 Å². The number of nitrogens with one attached hydrogen (secondary N) is 1. The SMILES string of the molecule is Cn1nccc1C(=O)N(CC(N)=O)C1CCCNC1. The Bertz CT molecular complexity index is 464. The molecule has 1 aromatic rings. The second-order valence-electron chi connectivity index (χ2n) is 4.74. The van der Waals surface area contributed by atoms with E-state index >= 15 is 0 Å². The van der Waals surface area contributed by atoms with Crippen LogP contribution >= 0.6 is 0 Å². The summed E-state index contributed by atoms with van der Waals surface area (Å²) in [5.74, 6) is -0.700. The van der Waals surface area contributed by atoms with E-state index in [0.717, 1.165) is 19.4 Å². The molecule has 2 amide bonds. The van der Waals surface area contributed by atoms with Crippen molar-refractivity contribution in [1.29, 1.82) is 0 Å². The van der Waals surface area contributed by atoms with Crippen molar-refractivity contribution in [2.24, 2.45) is 12.8 Å². The van der Waals surface area contributed by atoms with Crippen molar-refractivity contribution in [2.75, 3.05) is 19.6 Å². The third-order valence-electron chi connectivity index (χ3n) is 3.34. The highest BCUT2D eigenvalue weighted by molar-refractivity contribution is 5.95. The van der Waals surface area contributed by atoms with Gasteiger partial charge in [-0.05, 0) is 25.5 Å². The smallest absolute Gasteiger partial charge is 0.272 e. The Morgan fingerprint density at radius 1 is 1.63 bits per heavy atom. The van der Waals surface area contributed by atoms with E-state index in [2.05, 4.69) is 10.4 Å². The summed E-state index contributed by atoms with van der Waals surface area (Å²) >= 11 is 0. The van der Waals surface area contributed by atoms with E-state index in [1.54, 1.807) is 24.2 Å². The molecule has 19 heavy (non-hydrogen) atoms. The summed E-state index contributed by atoms with van der Waals surface area (Å²) in [7, 11) is 1.70. The van der Waals surface area contributed by atoms with Gasteiger partial charge in [0, 0.05) is 25.8 Å². The second kappa shape index (κ2) is 5.83. The van der Waals surface area contributed by atoms with E-state index in [4.69, 9.17) is 5.73 Å². The Balaban J connectivity index is 2.19. The van der Waals surface area contributed by atoms with Gasteiger partial charge < -0.3 is 16.0 Å². The fraction of sp³-hybridized carbons (Fsp3) is 0.583. The van der Waals surface area contributed by atoms with Crippen molar-refractivity contribution in [3.05, 3.63) is 18.0 Å². The Kier molecular flexibility index (Phi) is 4.16. The topological polar surface area (TPSA) is 93.2 Å². The quantitative estimate of drug-likeness (QED) is 0.738. The Morgan fingerprint density at radius 2 is 2.42 bits per heavy atom. The second-order valence-corrected chi connectivity index (χ2v) is 4.74. The maximum atomic E-state index is 12.5. The van der Waals surface area contributed by atoms with Crippen LogP contribution < -0.4 is 11.1 Å². The van der Waals surface area contributed by atoms with Crippen molar-refractivity contribution < 1.29 is 9.59 Å². The Hall–Kier alpha value is -1.89. The molecule has 0 saturated carbocycles. The van der Waals surface area contributed by atoms with E-state index in [1.165, 1.54) is 4.68 Å². The molecule has 0 bridgehead atoms. The molecule has 7 nitrogen and oxygen atoms in total. The van der Waals surface area contributed by atoms with Crippen molar-refractivity contribution in [3.63, 3.8) is 0 Å². The summed E-state index contributed by atoms with van der Waals surface area (Å²) in [6.07, 6.45) is 3.43. The fourth-order valence-electron chi connectivity index (χ4n) is 2.36. The average molecular weight is 265 g/mol. The lowest BCUT2D eigenvalue weighted by molar-refractivity contribution is -0.119. The van der Waals surface area contributed by atoms with E-state index < -0.39 is 5.91 Å². The number of primary amides is 1. The molecule has 7 heteroatoms. The number of aryl methyl sites for hydroxylation is 1. The third kappa shape index (κ3) is 3.11. The van der Waals surface area contributed by atoms with Gasteiger partial charge in [0.05, 0.1) is 0 Å². The standard InChI is InChI=1S/C12H19N5O2/c1-16-10(4-6-15-16)12(19)17(8-11(13)18)9-3-2-5-14-7-9/h4,6,9,14H,2-3,5,7-8H2,1H3,(H2,13,18). The lowest BCUT2D eigenvalue weighted by Crippen LogP contribution is -2.51. The van der Waals surface area contributed by atoms with Crippen LogP contribution in [0.3, 0.4) is 0 Å². The number of hydrogen-bond acceptors (Lipinski definition) is 4. The van der Waals surface area contributed by atoms with Crippen LogP contribution in [0, 0.1) is 0 Å². The number of amides is 2. The predicted molar refractivity (Wildman–Crippen MR) is 69.3 cm³/mol. The minimum Gasteiger partial charge on any atom is -0.368 e. The summed E-state index contributed by atoms with van der Waals surface area (Å²) in [6.45, 7) is 1.58. The van der Waals surface area contributed by atoms with Gasteiger partial charge in [0.1, 0.15) is 12.2 Å². The van der Waals surface area contributed by atoms with Crippen molar-refractivity contribution >= 4 is 11.8 Å². The van der Waals surface area contributed by atoms with Crippen LogP contribution in [-0.4, -0.2) is 52.2 Å². The molecule has 1 saturated heterocycles. The molecule has 0 aliphatic carbocycles. The van der Waals surface area contributed by atoms with E-state index in [-0.39, 0.29) is 18.5 Å². The summed E-state index contributed by atoms with van der Waals surface area (Å²) < 4.78 is 1.51. The monoisotopic (exact) mass is 265 g/mol. The van der Waals surface area contributed by atoms with Crippen molar-refractivity contribution in [2.45, 2.75) is 18.9 Å². The molecule has 1 aliphatic heterocycles. The number of nitrogens with two attached hydrogens (primary N) is 1. The summed E-state index contributed by atoms with van der Waals surface area (Å²) in [4.78, 5) is 25.2. The Labute approximate surface area is 111 Å². The number of aromatic nitrogens is 2. The van der Waals surface area contributed by atoms with E-state index in [1.807, 2.05) is 0 Å². The minimum atomic E-state index is -0.499. The van der Waals surface area contributed by atoms with Gasteiger partial charge in [-0.3, -0.25) is 14.3 Å². The number of piperidine rings is 1. The van der Waals surface area contributed by atoms with Crippen molar-refractivity contribution in [3.8, 4) is 0 Å². The number of hydrogen-bond donors (Lipinski definition) is 2. The van der Waals surface area contributed by atoms with Gasteiger partial charge in [-0.15, -0.1) is 0 Å². The third-order valence-corrected chi connectivity index (χ3v) is 3.34. The van der Waals surface area contributed by atoms with Gasteiger partial charge in [0.2, 0.25) is 5.91 Å². The van der Waals surface area contributed by atoms with Gasteiger partial charge in [-0.25, -0.2) is 0 Å². The number of carbonyl (C=O) groups is 2. The fourth-order valence-corrected chi connectivity index (χ4v) is 2.36. The van der Waals surface area contributed by atoms with Gasteiger partial charge in [0.15, 0.2) is 0 Å². The first-order chi connectivity index (χ1) is 9.09. The number of nitrogens with zero attached hydrogens (tertiary/aromatic N) is 3. The molecule has 1 atom stereocenters. The maximum absolute atomic E-state index is 12.5. The molecule has 3 N–H and O–H groups in total. The highest BCUT2D eigenvalue weighted by Gasteiger charge is 2.28. The molecule has 1 aliphatic rings. The summed E-state index contributed by atoms with van der Waals surface area (Å²) in [6, 6.07) is 1.65. The van der Waals surface area contributed by atoms with Crippen LogP contribution in [0.1, 0.15) is 23.3 Å². The van der Waals surface area contributed by atoms with Gasteiger partial charge in [-0.2, -0.15) is 5.10 Å². The zero-order valence-corrected chi connectivity index (χ0v) is 11.0. The number of carbonyl (C=O) groups excluding carboxylic acids is 2. The van der Waals surface area contributed by atoms with Crippen LogP contribution in [0.4, 0.5) is 0 Å². The molecule has 0 aromatic carbocycles. The minimum absolute atomic E-state index is 0.00338. The first-order valence-corrected chi connectivity index (χ1v) is 6.37. The zero-order chi connectivity index (χ0) is 13.8. The molecule has 1 aromatic heterocycles. The van der Waals surface area contributed by atoms with Gasteiger partial charge in [-0.1, -0.05) is 0 Å². The first-order valence-electron chi connectivity index (χ1n) is 6.37. The number of rotatable bonds is 4. The van der Waals surface area contributed by atoms with Crippen molar-refractivity contribution in [1.82, 2.24) is 20.0 Å². The first kappa shape index (κ1) is 13.5. The van der Waals surface area contributed by atoms with Crippen LogP contribution in [0.2, 0.25) is 0 Å². The molecule has 0 radical (unpaired) electrons. The van der Waals surface area contributed by atoms with E-state index in [0.29, 0.717) is 12.2 Å². The van der Waals surface area contributed by atoms with Crippen LogP contribution in [0.15, 0.2) is 12.3 Å². The van der Waals surface area contributed by atoms with E-state index in [9.17, 15) is 9.59 Å². The Morgan fingerprint density at radius 3 is 2.95 bits per heavy atom. The van der Waals surface area contributed by atoms with Gasteiger partial charge in [0.25, 0.3) is 5.91 Å². The normalized spacial score (nSPS) is 19.1. The molecular weight excluding hydrogens is 246 g/mol. The molecule has 2 rings (SSSR count). The molecule has 2 heterocycles. The summed E-state index contributed by atoms with van der Waals surface area (Å²) in [5, 5.41) is 7.22. The van der Waals surface area contributed by atoms with Crippen LogP contribution in [-0.2, 0) is 11.8 Å². The molecule has 1 unspecified atom stereocenters. The summed E-state index contributed by atoms with van der Waals surface area (Å²) in [5.41, 5.74) is 5.72.